The molecular formula is C18H19F3N2O2S. The van der Waals surface area contributed by atoms with Crippen LogP contribution in [0.4, 0.5) is 13.2 Å². The summed E-state index contributed by atoms with van der Waals surface area (Å²) in [4.78, 5) is 27.1. The van der Waals surface area contributed by atoms with Gasteiger partial charge in [-0.25, -0.2) is 0 Å². The summed E-state index contributed by atoms with van der Waals surface area (Å²) >= 11 is 1.22. The standard InChI is InChI=1S/C18H19F3N2O2S/c1-11(24)23-8-7-12(9-23)15-13-5-3-4-6-14(13)26-16(15)17(25)22(2)10-18(19,20)21/h3-6,12H,7-10H2,1-2H3/t12-/m1/s1. The number of alkyl halides is 3. The van der Waals surface area contributed by atoms with Crippen LogP contribution >= 0.6 is 11.3 Å². The minimum Gasteiger partial charge on any atom is -0.342 e. The Labute approximate surface area is 153 Å². The van der Waals surface area contributed by atoms with Crippen molar-refractivity contribution in [2.24, 2.45) is 0 Å². The number of likely N-dealkylation sites (tertiary alicyclic amines) is 1. The van der Waals surface area contributed by atoms with Gasteiger partial charge >= 0.3 is 6.18 Å². The van der Waals surface area contributed by atoms with Gasteiger partial charge in [0, 0.05) is 37.7 Å². The van der Waals surface area contributed by atoms with E-state index in [2.05, 4.69) is 0 Å². The molecule has 0 spiro atoms. The molecule has 0 radical (unpaired) electrons. The first-order valence-corrected chi connectivity index (χ1v) is 9.08. The third kappa shape index (κ3) is 3.70. The lowest BCUT2D eigenvalue weighted by Crippen LogP contribution is -2.36. The topological polar surface area (TPSA) is 40.6 Å². The molecule has 0 saturated carbocycles. The number of halogens is 3. The fraction of sp³-hybridized carbons (Fsp3) is 0.444. The van der Waals surface area contributed by atoms with Gasteiger partial charge in [0.15, 0.2) is 0 Å². The molecule has 1 aliphatic heterocycles. The Hall–Kier alpha value is -2.09. The number of hydrogen-bond acceptors (Lipinski definition) is 3. The number of carbonyl (C=O) groups excluding carboxylic acids is 2. The second-order valence-electron chi connectivity index (χ2n) is 6.57. The minimum atomic E-state index is -4.44. The van der Waals surface area contributed by atoms with E-state index >= 15 is 0 Å². The van der Waals surface area contributed by atoms with Crippen LogP contribution in [0.15, 0.2) is 24.3 Å². The molecule has 3 rings (SSSR count). The molecule has 0 aliphatic carbocycles. The fourth-order valence-electron chi connectivity index (χ4n) is 3.43. The molecule has 1 fully saturated rings. The maximum Gasteiger partial charge on any atom is 0.406 e. The van der Waals surface area contributed by atoms with E-state index in [-0.39, 0.29) is 11.8 Å². The molecule has 4 nitrogen and oxygen atoms in total. The van der Waals surface area contributed by atoms with Gasteiger partial charge in [-0.1, -0.05) is 18.2 Å². The Morgan fingerprint density at radius 1 is 1.31 bits per heavy atom. The van der Waals surface area contributed by atoms with Gasteiger partial charge in [-0.05, 0) is 23.4 Å². The van der Waals surface area contributed by atoms with Gasteiger partial charge in [0.2, 0.25) is 5.91 Å². The number of rotatable bonds is 3. The Kier molecular flexibility index (Phi) is 4.96. The smallest absolute Gasteiger partial charge is 0.342 e. The van der Waals surface area contributed by atoms with E-state index < -0.39 is 18.6 Å². The van der Waals surface area contributed by atoms with E-state index in [1.54, 1.807) is 4.90 Å². The molecule has 2 heterocycles. The molecule has 1 aliphatic rings. The summed E-state index contributed by atoms with van der Waals surface area (Å²) in [5.74, 6) is -0.706. The van der Waals surface area contributed by atoms with Crippen LogP contribution in [0.1, 0.15) is 34.5 Å². The first-order valence-electron chi connectivity index (χ1n) is 8.26. The van der Waals surface area contributed by atoms with Crippen LogP contribution in [-0.2, 0) is 4.79 Å². The van der Waals surface area contributed by atoms with Crippen molar-refractivity contribution < 1.29 is 22.8 Å². The minimum absolute atomic E-state index is 0.0332. The van der Waals surface area contributed by atoms with E-state index in [0.717, 1.165) is 15.6 Å². The lowest BCUT2D eigenvalue weighted by molar-refractivity contribution is -0.138. The highest BCUT2D eigenvalue weighted by Crippen LogP contribution is 2.40. The number of amides is 2. The molecule has 1 aromatic heterocycles. The molecule has 2 amide bonds. The van der Waals surface area contributed by atoms with Gasteiger partial charge in [0.1, 0.15) is 6.54 Å². The zero-order chi connectivity index (χ0) is 19.1. The molecular weight excluding hydrogens is 365 g/mol. The number of nitrogens with zero attached hydrogens (tertiary/aromatic N) is 2. The second kappa shape index (κ2) is 6.90. The summed E-state index contributed by atoms with van der Waals surface area (Å²) in [5, 5.41) is 0.886. The number of fused-ring (bicyclic) bond motifs is 1. The average molecular weight is 384 g/mol. The number of hydrogen-bond donors (Lipinski definition) is 0. The van der Waals surface area contributed by atoms with Crippen molar-refractivity contribution in [2.75, 3.05) is 26.7 Å². The first kappa shape index (κ1) is 18.7. The quantitative estimate of drug-likeness (QED) is 0.806. The van der Waals surface area contributed by atoms with Crippen molar-refractivity contribution in [1.29, 1.82) is 0 Å². The number of benzene rings is 1. The van der Waals surface area contributed by atoms with Crippen LogP contribution in [0.2, 0.25) is 0 Å². The number of carbonyl (C=O) groups is 2. The van der Waals surface area contributed by atoms with Crippen molar-refractivity contribution in [2.45, 2.75) is 25.4 Å². The third-order valence-electron chi connectivity index (χ3n) is 4.63. The van der Waals surface area contributed by atoms with Gasteiger partial charge in [-0.15, -0.1) is 11.3 Å². The van der Waals surface area contributed by atoms with Crippen LogP contribution in [0.25, 0.3) is 10.1 Å². The average Bonchev–Trinajstić information content (AvgIpc) is 3.16. The molecule has 26 heavy (non-hydrogen) atoms. The summed E-state index contributed by atoms with van der Waals surface area (Å²) in [6.07, 6.45) is -3.75. The highest BCUT2D eigenvalue weighted by atomic mass is 32.1. The summed E-state index contributed by atoms with van der Waals surface area (Å²) < 4.78 is 38.9. The van der Waals surface area contributed by atoms with Crippen LogP contribution in [0.5, 0.6) is 0 Å². The van der Waals surface area contributed by atoms with Crippen molar-refractivity contribution in [3.63, 3.8) is 0 Å². The molecule has 1 aromatic carbocycles. The summed E-state index contributed by atoms with van der Waals surface area (Å²) in [6.45, 7) is 1.29. The Balaban J connectivity index is 2.00. The van der Waals surface area contributed by atoms with Gasteiger partial charge in [0.05, 0.1) is 4.88 Å². The molecule has 8 heteroatoms. The maximum absolute atomic E-state index is 12.7. The second-order valence-corrected chi connectivity index (χ2v) is 7.62. The summed E-state index contributed by atoms with van der Waals surface area (Å²) in [7, 11) is 1.17. The highest BCUT2D eigenvalue weighted by Gasteiger charge is 2.35. The summed E-state index contributed by atoms with van der Waals surface area (Å²) in [6, 6.07) is 7.44. The van der Waals surface area contributed by atoms with Crippen molar-refractivity contribution in [3.05, 3.63) is 34.7 Å². The van der Waals surface area contributed by atoms with Crippen LogP contribution in [-0.4, -0.2) is 54.5 Å². The van der Waals surface area contributed by atoms with E-state index in [4.69, 9.17) is 0 Å². The Morgan fingerprint density at radius 3 is 2.62 bits per heavy atom. The van der Waals surface area contributed by atoms with Gasteiger partial charge in [-0.2, -0.15) is 13.2 Å². The third-order valence-corrected chi connectivity index (χ3v) is 5.81. The molecule has 0 bridgehead atoms. The molecule has 1 saturated heterocycles. The largest absolute Gasteiger partial charge is 0.406 e. The lowest BCUT2D eigenvalue weighted by Gasteiger charge is -2.20. The SMILES string of the molecule is CC(=O)N1CC[C@@H](c2c(C(=O)N(C)CC(F)(F)F)sc3ccccc23)C1. The predicted octanol–water partition coefficient (Wildman–Crippen LogP) is 3.87. The van der Waals surface area contributed by atoms with Crippen molar-refractivity contribution >= 4 is 33.2 Å². The Morgan fingerprint density at radius 2 is 2.00 bits per heavy atom. The first-order chi connectivity index (χ1) is 12.2. The zero-order valence-corrected chi connectivity index (χ0v) is 15.3. The van der Waals surface area contributed by atoms with E-state index in [9.17, 15) is 22.8 Å². The lowest BCUT2D eigenvalue weighted by atomic mass is 9.95. The van der Waals surface area contributed by atoms with E-state index in [1.165, 1.54) is 25.3 Å². The molecule has 2 aromatic rings. The van der Waals surface area contributed by atoms with Crippen molar-refractivity contribution in [3.8, 4) is 0 Å². The van der Waals surface area contributed by atoms with Crippen LogP contribution in [0.3, 0.4) is 0 Å². The maximum atomic E-state index is 12.7. The van der Waals surface area contributed by atoms with E-state index in [0.29, 0.717) is 29.3 Å². The molecule has 1 atom stereocenters. The fourth-order valence-corrected chi connectivity index (χ4v) is 4.71. The number of thiophene rings is 1. The summed E-state index contributed by atoms with van der Waals surface area (Å²) in [5.41, 5.74) is 0.772. The molecule has 0 N–H and O–H groups in total. The van der Waals surface area contributed by atoms with Crippen LogP contribution in [0, 0.1) is 0 Å². The Bertz CT molecular complexity index is 847. The monoisotopic (exact) mass is 384 g/mol. The zero-order valence-electron chi connectivity index (χ0n) is 14.5. The van der Waals surface area contributed by atoms with Gasteiger partial charge in [-0.3, -0.25) is 9.59 Å². The van der Waals surface area contributed by atoms with Gasteiger partial charge in [0.25, 0.3) is 5.91 Å². The molecule has 0 unspecified atom stereocenters. The van der Waals surface area contributed by atoms with E-state index in [1.807, 2.05) is 24.3 Å². The van der Waals surface area contributed by atoms with Crippen molar-refractivity contribution in [1.82, 2.24) is 9.80 Å². The normalized spacial score (nSPS) is 17.7. The molecule has 140 valence electrons. The van der Waals surface area contributed by atoms with Gasteiger partial charge < -0.3 is 9.80 Å². The highest BCUT2D eigenvalue weighted by molar-refractivity contribution is 7.21. The van der Waals surface area contributed by atoms with Crippen LogP contribution < -0.4 is 0 Å². The predicted molar refractivity (Wildman–Crippen MR) is 94.5 cm³/mol.